The molecule has 0 aliphatic carbocycles. The van der Waals surface area contributed by atoms with Crippen LogP contribution in [0.4, 0.5) is 4.39 Å². The molecular formula is C19H18FN3OS. The Balaban J connectivity index is 1.69. The Kier molecular flexibility index (Phi) is 5.28. The number of thioether (sulfide) groups is 1. The fourth-order valence-electron chi connectivity index (χ4n) is 2.54. The normalized spacial score (nSPS) is 10.8. The first-order chi connectivity index (χ1) is 12.1. The zero-order valence-corrected chi connectivity index (χ0v) is 14.9. The number of ketones is 1. The molecule has 2 aromatic carbocycles. The second kappa shape index (κ2) is 7.61. The minimum absolute atomic E-state index is 0.00817. The van der Waals surface area contributed by atoms with Gasteiger partial charge in [0, 0.05) is 17.7 Å². The second-order valence-electron chi connectivity index (χ2n) is 5.68. The maximum atomic E-state index is 12.9. The van der Waals surface area contributed by atoms with Gasteiger partial charge in [0.25, 0.3) is 0 Å². The maximum absolute atomic E-state index is 12.9. The Labute approximate surface area is 150 Å². The van der Waals surface area contributed by atoms with Gasteiger partial charge in [-0.1, -0.05) is 30.0 Å². The zero-order chi connectivity index (χ0) is 17.8. The lowest BCUT2D eigenvalue weighted by Crippen LogP contribution is -2.03. The van der Waals surface area contributed by atoms with Gasteiger partial charge < -0.3 is 0 Å². The van der Waals surface area contributed by atoms with Crippen LogP contribution in [0.3, 0.4) is 0 Å². The standard InChI is InChI=1S/C19H18FN3OS/c1-13-5-3-4-6-17(13)23-14(2)21-22-19(23)25-12-11-18(24)15-7-9-16(20)10-8-15/h3-10H,11-12H2,1-2H3. The first-order valence-electron chi connectivity index (χ1n) is 7.96. The summed E-state index contributed by atoms with van der Waals surface area (Å²) in [5.74, 6) is 1.04. The van der Waals surface area contributed by atoms with Gasteiger partial charge in [-0.25, -0.2) is 4.39 Å². The number of carbonyl (C=O) groups excluding carboxylic acids is 1. The third-order valence-corrected chi connectivity index (χ3v) is 4.81. The van der Waals surface area contributed by atoms with Crippen LogP contribution in [0.2, 0.25) is 0 Å². The predicted octanol–water partition coefficient (Wildman–Crippen LogP) is 4.39. The summed E-state index contributed by atoms with van der Waals surface area (Å²) in [5.41, 5.74) is 2.70. The molecule has 0 bridgehead atoms. The van der Waals surface area contributed by atoms with Crippen LogP contribution in [-0.4, -0.2) is 26.3 Å². The molecule has 4 nitrogen and oxygen atoms in total. The molecule has 1 aromatic heterocycles. The average molecular weight is 355 g/mol. The van der Waals surface area contributed by atoms with Gasteiger partial charge in [0.15, 0.2) is 10.9 Å². The summed E-state index contributed by atoms with van der Waals surface area (Å²) in [4.78, 5) is 12.2. The molecule has 0 aliphatic heterocycles. The van der Waals surface area contributed by atoms with E-state index in [0.717, 1.165) is 22.2 Å². The van der Waals surface area contributed by atoms with Gasteiger partial charge in [-0.2, -0.15) is 0 Å². The number of hydrogen-bond donors (Lipinski definition) is 0. The fraction of sp³-hybridized carbons (Fsp3) is 0.211. The largest absolute Gasteiger partial charge is 0.294 e. The molecule has 1 heterocycles. The average Bonchev–Trinajstić information content (AvgIpc) is 2.96. The van der Waals surface area contributed by atoms with Crippen molar-refractivity contribution in [3.63, 3.8) is 0 Å². The summed E-state index contributed by atoms with van der Waals surface area (Å²) >= 11 is 1.49. The quantitative estimate of drug-likeness (QED) is 0.486. The van der Waals surface area contributed by atoms with Crippen molar-refractivity contribution in [1.82, 2.24) is 14.8 Å². The molecule has 0 atom stereocenters. The van der Waals surface area contributed by atoms with Gasteiger partial charge in [-0.05, 0) is 49.7 Å². The van der Waals surface area contributed by atoms with Crippen molar-refractivity contribution in [3.05, 3.63) is 71.3 Å². The number of aromatic nitrogens is 3. The minimum atomic E-state index is -0.340. The molecule has 3 rings (SSSR count). The molecular weight excluding hydrogens is 337 g/mol. The van der Waals surface area contributed by atoms with Crippen LogP contribution >= 0.6 is 11.8 Å². The Hall–Kier alpha value is -2.47. The highest BCUT2D eigenvalue weighted by Crippen LogP contribution is 2.24. The fourth-order valence-corrected chi connectivity index (χ4v) is 3.47. The molecule has 0 radical (unpaired) electrons. The molecule has 0 aliphatic rings. The SMILES string of the molecule is Cc1ccccc1-n1c(C)nnc1SCCC(=O)c1ccc(F)cc1. The molecule has 0 N–H and O–H groups in total. The molecule has 0 saturated carbocycles. The van der Waals surface area contributed by atoms with E-state index in [9.17, 15) is 9.18 Å². The molecule has 3 aromatic rings. The molecule has 25 heavy (non-hydrogen) atoms. The molecule has 0 fully saturated rings. The molecule has 0 spiro atoms. The number of benzene rings is 2. The predicted molar refractivity (Wildman–Crippen MR) is 96.9 cm³/mol. The summed E-state index contributed by atoms with van der Waals surface area (Å²) in [6, 6.07) is 13.7. The number of nitrogens with zero attached hydrogens (tertiary/aromatic N) is 3. The van der Waals surface area contributed by atoms with Crippen LogP contribution in [-0.2, 0) is 0 Å². The number of rotatable bonds is 6. The van der Waals surface area contributed by atoms with Crippen LogP contribution in [0, 0.1) is 19.7 Å². The van der Waals surface area contributed by atoms with Crippen molar-refractivity contribution in [2.45, 2.75) is 25.4 Å². The Morgan fingerprint density at radius 2 is 1.80 bits per heavy atom. The van der Waals surface area contributed by atoms with E-state index in [2.05, 4.69) is 10.2 Å². The van der Waals surface area contributed by atoms with Crippen LogP contribution in [0.15, 0.2) is 53.7 Å². The molecule has 6 heteroatoms. The van der Waals surface area contributed by atoms with Crippen LogP contribution in [0.5, 0.6) is 0 Å². The first kappa shape index (κ1) is 17.4. The van der Waals surface area contributed by atoms with Crippen LogP contribution in [0.1, 0.15) is 28.2 Å². The van der Waals surface area contributed by atoms with E-state index in [0.29, 0.717) is 17.7 Å². The van der Waals surface area contributed by atoms with Gasteiger partial charge >= 0.3 is 0 Å². The van der Waals surface area contributed by atoms with E-state index < -0.39 is 0 Å². The lowest BCUT2D eigenvalue weighted by molar-refractivity contribution is 0.0989. The maximum Gasteiger partial charge on any atom is 0.195 e. The van der Waals surface area contributed by atoms with E-state index in [1.807, 2.05) is 42.7 Å². The van der Waals surface area contributed by atoms with Crippen molar-refractivity contribution >= 4 is 17.5 Å². The van der Waals surface area contributed by atoms with E-state index in [4.69, 9.17) is 0 Å². The van der Waals surface area contributed by atoms with Crippen molar-refractivity contribution in [2.24, 2.45) is 0 Å². The van der Waals surface area contributed by atoms with Gasteiger partial charge in [0.2, 0.25) is 0 Å². The van der Waals surface area contributed by atoms with E-state index in [-0.39, 0.29) is 11.6 Å². The highest BCUT2D eigenvalue weighted by molar-refractivity contribution is 7.99. The third-order valence-electron chi connectivity index (χ3n) is 3.88. The number of Topliss-reactive ketones (excluding diaryl/α,β-unsaturated/α-hetero) is 1. The lowest BCUT2D eigenvalue weighted by atomic mass is 10.1. The van der Waals surface area contributed by atoms with Crippen molar-refractivity contribution < 1.29 is 9.18 Å². The Morgan fingerprint density at radius 3 is 2.52 bits per heavy atom. The van der Waals surface area contributed by atoms with E-state index in [1.54, 1.807) is 0 Å². The summed E-state index contributed by atoms with van der Waals surface area (Å²) in [7, 11) is 0. The van der Waals surface area contributed by atoms with Gasteiger partial charge in [0.1, 0.15) is 11.6 Å². The molecule has 0 unspecified atom stereocenters. The minimum Gasteiger partial charge on any atom is -0.294 e. The highest BCUT2D eigenvalue weighted by Gasteiger charge is 2.14. The van der Waals surface area contributed by atoms with Gasteiger partial charge in [0.05, 0.1) is 5.69 Å². The number of hydrogen-bond acceptors (Lipinski definition) is 4. The van der Waals surface area contributed by atoms with Gasteiger partial charge in [-0.3, -0.25) is 9.36 Å². The van der Waals surface area contributed by atoms with E-state index >= 15 is 0 Å². The van der Waals surface area contributed by atoms with Gasteiger partial charge in [-0.15, -0.1) is 10.2 Å². The number of aryl methyl sites for hydroxylation is 2. The van der Waals surface area contributed by atoms with Crippen LogP contribution < -0.4 is 0 Å². The summed E-state index contributed by atoms with van der Waals surface area (Å²) in [6.07, 6.45) is 0.357. The summed E-state index contributed by atoms with van der Waals surface area (Å²) in [5, 5.41) is 9.16. The number of para-hydroxylation sites is 1. The van der Waals surface area contributed by atoms with Crippen molar-refractivity contribution in [1.29, 1.82) is 0 Å². The van der Waals surface area contributed by atoms with Crippen molar-refractivity contribution in [2.75, 3.05) is 5.75 Å². The first-order valence-corrected chi connectivity index (χ1v) is 8.94. The topological polar surface area (TPSA) is 47.8 Å². The number of carbonyl (C=O) groups is 1. The summed E-state index contributed by atoms with van der Waals surface area (Å²) < 4.78 is 14.9. The monoisotopic (exact) mass is 355 g/mol. The highest BCUT2D eigenvalue weighted by atomic mass is 32.2. The lowest BCUT2D eigenvalue weighted by Gasteiger charge is -2.10. The second-order valence-corrected chi connectivity index (χ2v) is 6.74. The molecule has 0 amide bonds. The Morgan fingerprint density at radius 1 is 1.08 bits per heavy atom. The van der Waals surface area contributed by atoms with E-state index in [1.165, 1.54) is 36.0 Å². The van der Waals surface area contributed by atoms with Crippen molar-refractivity contribution in [3.8, 4) is 5.69 Å². The zero-order valence-electron chi connectivity index (χ0n) is 14.1. The van der Waals surface area contributed by atoms with Crippen LogP contribution in [0.25, 0.3) is 5.69 Å². The molecule has 0 saturated heterocycles. The summed E-state index contributed by atoms with van der Waals surface area (Å²) in [6.45, 7) is 3.95. The smallest absolute Gasteiger partial charge is 0.195 e. The number of halogens is 1. The third kappa shape index (κ3) is 3.96. The Bertz CT molecular complexity index is 890. The molecule has 128 valence electrons.